The van der Waals surface area contributed by atoms with E-state index >= 15 is 0 Å². The summed E-state index contributed by atoms with van der Waals surface area (Å²) in [6, 6.07) is 0.942. The minimum atomic E-state index is -2.40. The van der Waals surface area contributed by atoms with Gasteiger partial charge in [0.15, 0.2) is 0 Å². The number of ether oxygens (including phenoxy) is 2. The average Bonchev–Trinajstić information content (AvgIpc) is 2.73. The van der Waals surface area contributed by atoms with Gasteiger partial charge < -0.3 is 24.8 Å². The van der Waals surface area contributed by atoms with Gasteiger partial charge in [-0.15, -0.1) is 0 Å². The van der Waals surface area contributed by atoms with Crippen LogP contribution in [0.2, 0.25) is 0 Å². The number of hydrogen-bond acceptors (Lipinski definition) is 8. The van der Waals surface area contributed by atoms with E-state index in [1.165, 1.54) is 6.92 Å². The van der Waals surface area contributed by atoms with Gasteiger partial charge in [0.05, 0.1) is 13.2 Å². The lowest BCUT2D eigenvalue weighted by atomic mass is 10.0. The Hall–Kier alpha value is -2.01. The second-order valence-electron chi connectivity index (χ2n) is 4.67. The molecule has 0 amide bonds. The molecule has 0 aromatic carbocycles. The van der Waals surface area contributed by atoms with E-state index in [0.717, 1.165) is 12.3 Å². The molecule has 1 aliphatic rings. The number of aliphatic hydroxyl groups excluding tert-OH is 3. The van der Waals surface area contributed by atoms with Crippen molar-refractivity contribution in [2.45, 2.75) is 31.0 Å². The molecule has 1 saturated heterocycles. The Labute approximate surface area is 123 Å². The summed E-state index contributed by atoms with van der Waals surface area (Å²) in [6.07, 6.45) is -3.88. The van der Waals surface area contributed by atoms with Gasteiger partial charge in [0.25, 0.3) is 11.3 Å². The number of nitrogens with one attached hydrogen (secondary N) is 1. The number of H-pyrrole nitrogens is 1. The van der Waals surface area contributed by atoms with Crippen molar-refractivity contribution in [3.8, 4) is 0 Å². The van der Waals surface area contributed by atoms with E-state index < -0.39 is 47.9 Å². The van der Waals surface area contributed by atoms with Crippen LogP contribution in [0.4, 0.5) is 0 Å². The maximum Gasteiger partial charge on any atom is 0.363 e. The first kappa shape index (κ1) is 16.4. The van der Waals surface area contributed by atoms with E-state index in [4.69, 9.17) is 14.6 Å². The van der Waals surface area contributed by atoms with Gasteiger partial charge in [0.1, 0.15) is 18.3 Å². The van der Waals surface area contributed by atoms with Crippen molar-refractivity contribution in [3.05, 3.63) is 33.1 Å². The standard InChI is InChI=1S/C12H16N2O8/c1-2-21-10(19)12(9(18)8(17)6(5-15)22-12)14-4-3-7(16)13-11(14)20/h3-4,6,8-9,15,17-18H,2,5H2,1H3,(H,13,16,20)/t6-,8-,9-,12+/m1/s1. The lowest BCUT2D eigenvalue weighted by Gasteiger charge is -2.30. The molecule has 122 valence electrons. The molecule has 1 aromatic heterocycles. The van der Waals surface area contributed by atoms with Crippen LogP contribution in [0.3, 0.4) is 0 Å². The van der Waals surface area contributed by atoms with Crippen molar-refractivity contribution in [1.82, 2.24) is 9.55 Å². The van der Waals surface area contributed by atoms with Crippen molar-refractivity contribution >= 4 is 5.97 Å². The zero-order valence-electron chi connectivity index (χ0n) is 11.6. The second kappa shape index (κ2) is 6.01. The first-order chi connectivity index (χ1) is 10.4. The fraction of sp³-hybridized carbons (Fsp3) is 0.583. The molecular formula is C12H16N2O8. The van der Waals surface area contributed by atoms with E-state index in [-0.39, 0.29) is 6.61 Å². The highest BCUT2D eigenvalue weighted by Gasteiger charge is 2.62. The Morgan fingerprint density at radius 3 is 2.68 bits per heavy atom. The summed E-state index contributed by atoms with van der Waals surface area (Å²) in [5, 5.41) is 29.3. The lowest BCUT2D eigenvalue weighted by Crippen LogP contribution is -2.57. The summed E-state index contributed by atoms with van der Waals surface area (Å²) < 4.78 is 10.7. The van der Waals surface area contributed by atoms with Crippen LogP contribution in [0.15, 0.2) is 21.9 Å². The van der Waals surface area contributed by atoms with Crippen molar-refractivity contribution in [2.24, 2.45) is 0 Å². The molecule has 0 spiro atoms. The Morgan fingerprint density at radius 1 is 1.50 bits per heavy atom. The van der Waals surface area contributed by atoms with Gasteiger partial charge in [-0.25, -0.2) is 9.59 Å². The number of aromatic amines is 1. The normalized spacial score (nSPS) is 31.2. The van der Waals surface area contributed by atoms with Crippen LogP contribution in [0.25, 0.3) is 0 Å². The van der Waals surface area contributed by atoms with Crippen LogP contribution in [0.5, 0.6) is 0 Å². The molecule has 4 N–H and O–H groups in total. The third kappa shape index (κ3) is 2.35. The topological polar surface area (TPSA) is 151 Å². The second-order valence-corrected chi connectivity index (χ2v) is 4.67. The van der Waals surface area contributed by atoms with Crippen molar-refractivity contribution < 1.29 is 29.6 Å². The van der Waals surface area contributed by atoms with E-state index in [9.17, 15) is 24.6 Å². The third-order valence-corrected chi connectivity index (χ3v) is 3.37. The molecule has 4 atom stereocenters. The number of carbonyl (C=O) groups excluding carboxylic acids is 1. The number of hydrogen-bond donors (Lipinski definition) is 4. The third-order valence-electron chi connectivity index (χ3n) is 3.37. The number of rotatable bonds is 4. The number of carbonyl (C=O) groups is 1. The molecule has 0 radical (unpaired) electrons. The lowest BCUT2D eigenvalue weighted by molar-refractivity contribution is -0.201. The van der Waals surface area contributed by atoms with Crippen molar-refractivity contribution in [1.29, 1.82) is 0 Å². The van der Waals surface area contributed by atoms with Crippen LogP contribution in [0, 0.1) is 0 Å². The van der Waals surface area contributed by atoms with E-state index in [1.807, 2.05) is 4.98 Å². The van der Waals surface area contributed by atoms with E-state index in [0.29, 0.717) is 4.57 Å². The maximum atomic E-state index is 12.3. The monoisotopic (exact) mass is 316 g/mol. The molecule has 22 heavy (non-hydrogen) atoms. The summed E-state index contributed by atoms with van der Waals surface area (Å²) in [6.45, 7) is 0.731. The summed E-state index contributed by atoms with van der Waals surface area (Å²) in [4.78, 5) is 37.3. The fourth-order valence-corrected chi connectivity index (χ4v) is 2.33. The molecule has 10 heteroatoms. The fourth-order valence-electron chi connectivity index (χ4n) is 2.33. The minimum Gasteiger partial charge on any atom is -0.462 e. The van der Waals surface area contributed by atoms with Gasteiger partial charge >= 0.3 is 11.7 Å². The SMILES string of the molecule is CCOC(=O)[C@@]1(n2ccc(=O)[nH]c2=O)O[C@H](CO)[C@@H](O)[C@H]1O. The van der Waals surface area contributed by atoms with Crippen LogP contribution in [-0.2, 0) is 20.0 Å². The number of aliphatic hydroxyl groups is 3. The summed E-state index contributed by atoms with van der Waals surface area (Å²) >= 11 is 0. The molecule has 0 unspecified atom stereocenters. The smallest absolute Gasteiger partial charge is 0.363 e. The molecular weight excluding hydrogens is 300 g/mol. The molecule has 2 heterocycles. The minimum absolute atomic E-state index is 0.0747. The number of nitrogens with zero attached hydrogens (tertiary/aromatic N) is 1. The number of aromatic nitrogens is 2. The van der Waals surface area contributed by atoms with Crippen LogP contribution >= 0.6 is 0 Å². The largest absolute Gasteiger partial charge is 0.462 e. The van der Waals surface area contributed by atoms with Gasteiger partial charge in [-0.2, -0.15) is 0 Å². The van der Waals surface area contributed by atoms with Crippen molar-refractivity contribution in [3.63, 3.8) is 0 Å². The summed E-state index contributed by atoms with van der Waals surface area (Å²) in [7, 11) is 0. The predicted molar refractivity (Wildman–Crippen MR) is 69.9 cm³/mol. The molecule has 1 fully saturated rings. The van der Waals surface area contributed by atoms with Crippen LogP contribution in [-0.4, -0.2) is 62.4 Å². The highest BCUT2D eigenvalue weighted by atomic mass is 16.6. The first-order valence-corrected chi connectivity index (χ1v) is 6.53. The molecule has 1 aliphatic heterocycles. The highest BCUT2D eigenvalue weighted by molar-refractivity contribution is 5.78. The summed E-state index contributed by atoms with van der Waals surface area (Å²) in [5.41, 5.74) is -4.15. The van der Waals surface area contributed by atoms with Gasteiger partial charge in [-0.05, 0) is 6.92 Å². The van der Waals surface area contributed by atoms with E-state index in [1.54, 1.807) is 0 Å². The molecule has 2 rings (SSSR count). The Kier molecular flexibility index (Phi) is 4.47. The summed E-state index contributed by atoms with van der Waals surface area (Å²) in [5.74, 6) is -1.13. The predicted octanol–water partition coefficient (Wildman–Crippen LogP) is -3.13. The average molecular weight is 316 g/mol. The molecule has 0 saturated carbocycles. The van der Waals surface area contributed by atoms with Gasteiger partial charge in [-0.1, -0.05) is 0 Å². The maximum absolute atomic E-state index is 12.3. The molecule has 10 nitrogen and oxygen atoms in total. The zero-order chi connectivity index (χ0) is 16.5. The van der Waals surface area contributed by atoms with E-state index in [2.05, 4.69) is 0 Å². The van der Waals surface area contributed by atoms with Crippen LogP contribution in [0.1, 0.15) is 6.92 Å². The van der Waals surface area contributed by atoms with Crippen molar-refractivity contribution in [2.75, 3.05) is 13.2 Å². The van der Waals surface area contributed by atoms with Gasteiger partial charge in [0.2, 0.25) is 0 Å². The number of esters is 1. The first-order valence-electron chi connectivity index (χ1n) is 6.53. The highest BCUT2D eigenvalue weighted by Crippen LogP contribution is 2.35. The Bertz CT molecular complexity index is 668. The molecule has 0 aliphatic carbocycles. The van der Waals surface area contributed by atoms with Crippen LogP contribution < -0.4 is 11.2 Å². The zero-order valence-corrected chi connectivity index (χ0v) is 11.6. The quantitative estimate of drug-likeness (QED) is 0.426. The van der Waals surface area contributed by atoms with Gasteiger partial charge in [-0.3, -0.25) is 14.3 Å². The Morgan fingerprint density at radius 2 is 2.18 bits per heavy atom. The molecule has 0 bridgehead atoms. The van der Waals surface area contributed by atoms with Gasteiger partial charge in [0, 0.05) is 12.3 Å². The molecule has 1 aromatic rings. The Balaban J connectivity index is 2.64.